The monoisotopic (exact) mass is 157 g/mol. The van der Waals surface area contributed by atoms with Crippen LogP contribution in [0.4, 0.5) is 0 Å². The molecular formula is C7H13N2O2. The molecule has 0 aliphatic carbocycles. The highest BCUT2D eigenvalue weighted by Gasteiger charge is 2.12. The average Bonchev–Trinajstić information content (AvgIpc) is 2.06. The molecule has 0 aromatic carbocycles. The van der Waals surface area contributed by atoms with E-state index < -0.39 is 0 Å². The number of amides is 1. The van der Waals surface area contributed by atoms with Crippen LogP contribution < -0.4 is 5.32 Å². The minimum atomic E-state index is -0.0492. The fourth-order valence-corrected chi connectivity index (χ4v) is 1.02. The summed E-state index contributed by atoms with van der Waals surface area (Å²) in [5.41, 5.74) is 0. The van der Waals surface area contributed by atoms with E-state index in [-0.39, 0.29) is 5.91 Å². The van der Waals surface area contributed by atoms with Crippen LogP contribution >= 0.6 is 0 Å². The molecule has 0 spiro atoms. The lowest BCUT2D eigenvalue weighted by molar-refractivity contribution is -0.123. The predicted octanol–water partition coefficient (Wildman–Crippen LogP) is -0.921. The highest BCUT2D eigenvalue weighted by Crippen LogP contribution is 1.95. The summed E-state index contributed by atoms with van der Waals surface area (Å²) >= 11 is 0. The molecule has 1 radical (unpaired) electrons. The molecule has 0 bridgehead atoms. The highest BCUT2D eigenvalue weighted by atomic mass is 16.5. The summed E-state index contributed by atoms with van der Waals surface area (Å²) < 4.78 is 5.13. The van der Waals surface area contributed by atoms with E-state index in [1.54, 1.807) is 0 Å². The first kappa shape index (κ1) is 8.49. The van der Waals surface area contributed by atoms with Crippen LogP contribution in [0.5, 0.6) is 0 Å². The summed E-state index contributed by atoms with van der Waals surface area (Å²) in [6, 6.07) is 0. The van der Waals surface area contributed by atoms with Gasteiger partial charge in [0, 0.05) is 20.1 Å². The van der Waals surface area contributed by atoms with E-state index in [4.69, 9.17) is 4.74 Å². The van der Waals surface area contributed by atoms with E-state index in [1.807, 2.05) is 0 Å². The minimum Gasteiger partial charge on any atom is -0.379 e. The third kappa shape index (κ3) is 2.86. The molecule has 0 atom stereocenters. The van der Waals surface area contributed by atoms with Gasteiger partial charge in [-0.1, -0.05) is 0 Å². The Morgan fingerprint density at radius 2 is 2.18 bits per heavy atom. The van der Waals surface area contributed by atoms with Crippen molar-refractivity contribution in [3.8, 4) is 0 Å². The standard InChI is InChI=1S/C7H13N2O2/c1-8-7(10)6-9-2-4-11-5-3-9/h2-6H2,1H3. The molecule has 1 heterocycles. The van der Waals surface area contributed by atoms with E-state index in [0.717, 1.165) is 26.3 Å². The molecule has 1 aliphatic heterocycles. The van der Waals surface area contributed by atoms with Gasteiger partial charge in [0.15, 0.2) is 0 Å². The molecule has 4 heteroatoms. The van der Waals surface area contributed by atoms with Crippen molar-refractivity contribution in [1.29, 1.82) is 0 Å². The van der Waals surface area contributed by atoms with Crippen molar-refractivity contribution < 1.29 is 9.53 Å². The quantitative estimate of drug-likeness (QED) is 0.520. The number of carbonyl (C=O) groups excluding carboxylic acids is 1. The Hall–Kier alpha value is -0.610. The maximum absolute atomic E-state index is 10.8. The SMILES string of the molecule is C[N]C(=O)CN1CCOCC1. The molecule has 1 amide bonds. The van der Waals surface area contributed by atoms with Gasteiger partial charge >= 0.3 is 0 Å². The molecule has 1 rings (SSSR count). The third-order valence-corrected chi connectivity index (χ3v) is 1.71. The zero-order chi connectivity index (χ0) is 8.10. The Morgan fingerprint density at radius 1 is 1.55 bits per heavy atom. The molecule has 4 nitrogen and oxygen atoms in total. The van der Waals surface area contributed by atoms with E-state index >= 15 is 0 Å². The van der Waals surface area contributed by atoms with Crippen LogP contribution in [0.15, 0.2) is 0 Å². The molecule has 11 heavy (non-hydrogen) atoms. The van der Waals surface area contributed by atoms with E-state index in [1.165, 1.54) is 7.05 Å². The normalized spacial score (nSPS) is 19.7. The number of rotatable bonds is 2. The van der Waals surface area contributed by atoms with Crippen LogP contribution in [0.25, 0.3) is 0 Å². The summed E-state index contributed by atoms with van der Waals surface area (Å²) in [5, 5.41) is 3.56. The van der Waals surface area contributed by atoms with Gasteiger partial charge in [0.1, 0.15) is 0 Å². The van der Waals surface area contributed by atoms with Crippen molar-refractivity contribution in [3.05, 3.63) is 0 Å². The Balaban J connectivity index is 2.19. The lowest BCUT2D eigenvalue weighted by Gasteiger charge is -2.25. The molecule has 1 aliphatic rings. The van der Waals surface area contributed by atoms with Crippen molar-refractivity contribution in [1.82, 2.24) is 10.2 Å². The number of carbonyl (C=O) groups is 1. The van der Waals surface area contributed by atoms with E-state index in [2.05, 4.69) is 10.2 Å². The fraction of sp³-hybridized carbons (Fsp3) is 0.857. The summed E-state index contributed by atoms with van der Waals surface area (Å²) in [6.45, 7) is 3.61. The van der Waals surface area contributed by atoms with Gasteiger partial charge in [-0.15, -0.1) is 0 Å². The Labute approximate surface area is 66.5 Å². The predicted molar refractivity (Wildman–Crippen MR) is 40.3 cm³/mol. The van der Waals surface area contributed by atoms with Crippen LogP contribution in [0.3, 0.4) is 0 Å². The van der Waals surface area contributed by atoms with Crippen molar-refractivity contribution in [2.24, 2.45) is 0 Å². The van der Waals surface area contributed by atoms with Crippen molar-refractivity contribution in [3.63, 3.8) is 0 Å². The molecule has 0 aromatic rings. The molecular weight excluding hydrogens is 144 g/mol. The summed E-state index contributed by atoms with van der Waals surface area (Å²) in [5.74, 6) is -0.0492. The van der Waals surface area contributed by atoms with Crippen LogP contribution in [-0.4, -0.2) is 50.7 Å². The van der Waals surface area contributed by atoms with Gasteiger partial charge in [-0.3, -0.25) is 15.0 Å². The van der Waals surface area contributed by atoms with E-state index in [0.29, 0.717) is 6.54 Å². The smallest absolute Gasteiger partial charge is 0.255 e. The first-order chi connectivity index (χ1) is 5.33. The zero-order valence-electron chi connectivity index (χ0n) is 6.75. The Bertz CT molecular complexity index is 132. The van der Waals surface area contributed by atoms with Gasteiger partial charge in [0.25, 0.3) is 5.91 Å². The summed E-state index contributed by atoms with van der Waals surface area (Å²) in [7, 11) is 1.53. The zero-order valence-corrected chi connectivity index (χ0v) is 6.75. The number of likely N-dealkylation sites (N-methyl/N-ethyl adjacent to an activating group) is 1. The maximum atomic E-state index is 10.8. The van der Waals surface area contributed by atoms with Gasteiger partial charge in [-0.05, 0) is 0 Å². The molecule has 63 valence electrons. The van der Waals surface area contributed by atoms with Gasteiger partial charge in [-0.2, -0.15) is 0 Å². The number of hydrogen-bond donors (Lipinski definition) is 0. The topological polar surface area (TPSA) is 43.6 Å². The summed E-state index contributed by atoms with van der Waals surface area (Å²) in [6.07, 6.45) is 0. The number of hydrogen-bond acceptors (Lipinski definition) is 3. The number of morpholine rings is 1. The van der Waals surface area contributed by atoms with Crippen LogP contribution in [0, 0.1) is 0 Å². The van der Waals surface area contributed by atoms with E-state index in [9.17, 15) is 4.79 Å². The molecule has 1 saturated heterocycles. The number of nitrogens with zero attached hydrogens (tertiary/aromatic N) is 2. The van der Waals surface area contributed by atoms with Gasteiger partial charge in [0.2, 0.25) is 0 Å². The van der Waals surface area contributed by atoms with Crippen molar-refractivity contribution in [2.75, 3.05) is 39.9 Å². The van der Waals surface area contributed by atoms with Crippen LogP contribution in [0.2, 0.25) is 0 Å². The van der Waals surface area contributed by atoms with Gasteiger partial charge in [-0.25, -0.2) is 0 Å². The number of ether oxygens (including phenoxy) is 1. The second kappa shape index (κ2) is 4.31. The Kier molecular flexibility index (Phi) is 3.32. The maximum Gasteiger partial charge on any atom is 0.255 e. The second-order valence-corrected chi connectivity index (χ2v) is 2.51. The lowest BCUT2D eigenvalue weighted by Crippen LogP contribution is -2.41. The average molecular weight is 157 g/mol. The Morgan fingerprint density at radius 3 is 2.73 bits per heavy atom. The lowest BCUT2D eigenvalue weighted by atomic mass is 10.4. The van der Waals surface area contributed by atoms with Crippen LogP contribution in [0.1, 0.15) is 0 Å². The molecule has 0 unspecified atom stereocenters. The second-order valence-electron chi connectivity index (χ2n) is 2.51. The third-order valence-electron chi connectivity index (χ3n) is 1.71. The minimum absolute atomic E-state index is 0.0492. The molecule has 0 saturated carbocycles. The van der Waals surface area contributed by atoms with Gasteiger partial charge < -0.3 is 4.74 Å². The van der Waals surface area contributed by atoms with Crippen molar-refractivity contribution in [2.45, 2.75) is 0 Å². The van der Waals surface area contributed by atoms with Crippen molar-refractivity contribution >= 4 is 5.91 Å². The largest absolute Gasteiger partial charge is 0.379 e. The first-order valence-electron chi connectivity index (χ1n) is 3.75. The molecule has 0 aromatic heterocycles. The first-order valence-corrected chi connectivity index (χ1v) is 3.75. The fourth-order valence-electron chi connectivity index (χ4n) is 1.02. The molecule has 0 N–H and O–H groups in total. The van der Waals surface area contributed by atoms with Crippen LogP contribution in [-0.2, 0) is 9.53 Å². The van der Waals surface area contributed by atoms with Gasteiger partial charge in [0.05, 0.1) is 19.8 Å². The molecule has 1 fully saturated rings. The summed E-state index contributed by atoms with van der Waals surface area (Å²) in [4.78, 5) is 12.9. The highest BCUT2D eigenvalue weighted by molar-refractivity contribution is 5.77.